The van der Waals surface area contributed by atoms with Gasteiger partial charge in [0.25, 0.3) is 0 Å². The van der Waals surface area contributed by atoms with Gasteiger partial charge in [0.15, 0.2) is 11.5 Å². The molecule has 0 unspecified atom stereocenters. The lowest BCUT2D eigenvalue weighted by Gasteiger charge is -2.38. The number of fused-ring (bicyclic) bond motifs is 1. The fourth-order valence-electron chi connectivity index (χ4n) is 4.01. The fourth-order valence-corrected chi connectivity index (χ4v) is 4.01. The minimum atomic E-state index is -0.125. The second-order valence-corrected chi connectivity index (χ2v) is 7.71. The van der Waals surface area contributed by atoms with Gasteiger partial charge in [-0.1, -0.05) is 31.2 Å². The van der Waals surface area contributed by atoms with E-state index in [9.17, 15) is 4.79 Å². The van der Waals surface area contributed by atoms with Crippen LogP contribution in [0.2, 0.25) is 0 Å². The third-order valence-corrected chi connectivity index (χ3v) is 5.74. The lowest BCUT2D eigenvalue weighted by molar-refractivity contribution is 0.170. The number of amides is 2. The molecule has 6 nitrogen and oxygen atoms in total. The molecule has 2 aromatic carbocycles. The SMILES string of the molecule is CCCNC(=O)NC[C@@H]1c2cc(OC)c(OC)cc2CCN1Cc1ccccc1C. The van der Waals surface area contributed by atoms with Gasteiger partial charge in [-0.3, -0.25) is 4.90 Å². The normalized spacial score (nSPS) is 15.9. The van der Waals surface area contributed by atoms with Crippen LogP contribution in [0, 0.1) is 6.92 Å². The molecule has 0 aromatic heterocycles. The van der Waals surface area contributed by atoms with E-state index in [2.05, 4.69) is 58.9 Å². The topological polar surface area (TPSA) is 62.8 Å². The first kappa shape index (κ1) is 22.0. The van der Waals surface area contributed by atoms with Crippen molar-refractivity contribution in [2.75, 3.05) is 33.9 Å². The summed E-state index contributed by atoms with van der Waals surface area (Å²) in [5, 5.41) is 5.96. The summed E-state index contributed by atoms with van der Waals surface area (Å²) >= 11 is 0. The van der Waals surface area contributed by atoms with Gasteiger partial charge >= 0.3 is 6.03 Å². The predicted molar refractivity (Wildman–Crippen MR) is 119 cm³/mol. The molecule has 2 aromatic rings. The Balaban J connectivity index is 1.89. The summed E-state index contributed by atoms with van der Waals surface area (Å²) in [5.41, 5.74) is 5.02. The first-order valence-corrected chi connectivity index (χ1v) is 10.6. The average molecular weight is 412 g/mol. The lowest BCUT2D eigenvalue weighted by atomic mass is 9.91. The monoisotopic (exact) mass is 411 g/mol. The second-order valence-electron chi connectivity index (χ2n) is 7.71. The number of hydrogen-bond donors (Lipinski definition) is 2. The number of rotatable bonds is 8. The molecule has 0 spiro atoms. The predicted octanol–water partition coefficient (Wildman–Crippen LogP) is 3.82. The van der Waals surface area contributed by atoms with Crippen molar-refractivity contribution in [3.8, 4) is 11.5 Å². The zero-order valence-corrected chi connectivity index (χ0v) is 18.5. The minimum Gasteiger partial charge on any atom is -0.493 e. The molecule has 1 heterocycles. The van der Waals surface area contributed by atoms with Crippen LogP contribution in [0.5, 0.6) is 11.5 Å². The van der Waals surface area contributed by atoms with E-state index in [0.29, 0.717) is 13.1 Å². The summed E-state index contributed by atoms with van der Waals surface area (Å²) < 4.78 is 11.1. The van der Waals surface area contributed by atoms with Crippen LogP contribution >= 0.6 is 0 Å². The van der Waals surface area contributed by atoms with Crippen molar-refractivity contribution >= 4 is 6.03 Å². The minimum absolute atomic E-state index is 0.0561. The Hall–Kier alpha value is -2.73. The second kappa shape index (κ2) is 10.3. The van der Waals surface area contributed by atoms with Crippen molar-refractivity contribution < 1.29 is 14.3 Å². The Morgan fingerprint density at radius 2 is 1.87 bits per heavy atom. The van der Waals surface area contributed by atoms with Crippen LogP contribution in [-0.4, -0.2) is 44.8 Å². The van der Waals surface area contributed by atoms with E-state index < -0.39 is 0 Å². The number of ether oxygens (including phenoxy) is 2. The van der Waals surface area contributed by atoms with Crippen LogP contribution in [0.15, 0.2) is 36.4 Å². The van der Waals surface area contributed by atoms with Crippen molar-refractivity contribution in [3.63, 3.8) is 0 Å². The number of methoxy groups -OCH3 is 2. The fraction of sp³-hybridized carbons (Fsp3) is 0.458. The number of carbonyl (C=O) groups excluding carboxylic acids is 1. The molecule has 6 heteroatoms. The maximum absolute atomic E-state index is 12.2. The number of nitrogens with zero attached hydrogens (tertiary/aromatic N) is 1. The van der Waals surface area contributed by atoms with Crippen LogP contribution in [0.3, 0.4) is 0 Å². The average Bonchev–Trinajstić information content (AvgIpc) is 2.77. The Kier molecular flexibility index (Phi) is 7.57. The number of aryl methyl sites for hydroxylation is 1. The first-order valence-electron chi connectivity index (χ1n) is 10.6. The van der Waals surface area contributed by atoms with Crippen LogP contribution in [-0.2, 0) is 13.0 Å². The van der Waals surface area contributed by atoms with E-state index in [1.54, 1.807) is 14.2 Å². The van der Waals surface area contributed by atoms with Crippen molar-refractivity contribution in [2.24, 2.45) is 0 Å². The Morgan fingerprint density at radius 1 is 1.13 bits per heavy atom. The standard InChI is InChI=1S/C24H33N3O3/c1-5-11-25-24(28)26-15-21-20-14-23(30-4)22(29-3)13-18(20)10-12-27(21)16-19-9-7-6-8-17(19)2/h6-9,13-14,21H,5,10-12,15-16H2,1-4H3,(H2,25,26,28)/t21-/m1/s1. The Morgan fingerprint density at radius 3 is 2.57 bits per heavy atom. The molecular weight excluding hydrogens is 378 g/mol. The third kappa shape index (κ3) is 5.05. The summed E-state index contributed by atoms with van der Waals surface area (Å²) in [6.45, 7) is 7.14. The van der Waals surface area contributed by atoms with E-state index in [4.69, 9.17) is 9.47 Å². The molecular formula is C24H33N3O3. The van der Waals surface area contributed by atoms with Gasteiger partial charge in [-0.05, 0) is 54.2 Å². The number of benzene rings is 2. The van der Waals surface area contributed by atoms with E-state index in [0.717, 1.165) is 37.4 Å². The van der Waals surface area contributed by atoms with Gasteiger partial charge in [0, 0.05) is 26.2 Å². The zero-order valence-electron chi connectivity index (χ0n) is 18.5. The van der Waals surface area contributed by atoms with Crippen LogP contribution in [0.4, 0.5) is 4.79 Å². The van der Waals surface area contributed by atoms with E-state index >= 15 is 0 Å². The molecule has 1 atom stereocenters. The highest BCUT2D eigenvalue weighted by molar-refractivity contribution is 5.73. The molecule has 0 fully saturated rings. The maximum Gasteiger partial charge on any atom is 0.314 e. The van der Waals surface area contributed by atoms with Crippen molar-refractivity contribution in [3.05, 3.63) is 58.7 Å². The quantitative estimate of drug-likeness (QED) is 0.693. The Bertz CT molecular complexity index is 869. The van der Waals surface area contributed by atoms with Crippen molar-refractivity contribution in [1.29, 1.82) is 0 Å². The van der Waals surface area contributed by atoms with Gasteiger partial charge in [-0.2, -0.15) is 0 Å². The van der Waals surface area contributed by atoms with Crippen LogP contribution in [0.1, 0.15) is 41.6 Å². The van der Waals surface area contributed by atoms with Crippen LogP contribution in [0.25, 0.3) is 0 Å². The lowest BCUT2D eigenvalue weighted by Crippen LogP contribution is -2.44. The number of urea groups is 1. The smallest absolute Gasteiger partial charge is 0.314 e. The molecule has 0 radical (unpaired) electrons. The highest BCUT2D eigenvalue weighted by Crippen LogP contribution is 2.38. The molecule has 0 aliphatic carbocycles. The molecule has 3 rings (SSSR count). The molecule has 30 heavy (non-hydrogen) atoms. The zero-order chi connectivity index (χ0) is 21.5. The number of carbonyl (C=O) groups is 1. The first-order chi connectivity index (χ1) is 14.6. The van der Waals surface area contributed by atoms with E-state index in [1.807, 2.05) is 6.92 Å². The maximum atomic E-state index is 12.2. The van der Waals surface area contributed by atoms with Crippen molar-refractivity contribution in [2.45, 2.75) is 39.3 Å². The largest absolute Gasteiger partial charge is 0.493 e. The number of hydrogen-bond acceptors (Lipinski definition) is 4. The Labute approximate surface area is 179 Å². The molecule has 0 bridgehead atoms. The van der Waals surface area contributed by atoms with Crippen molar-refractivity contribution in [1.82, 2.24) is 15.5 Å². The van der Waals surface area contributed by atoms with Gasteiger partial charge in [-0.25, -0.2) is 4.79 Å². The summed E-state index contributed by atoms with van der Waals surface area (Å²) in [6.07, 6.45) is 1.84. The van der Waals surface area contributed by atoms with Gasteiger partial charge in [-0.15, -0.1) is 0 Å². The molecule has 162 valence electrons. The molecule has 2 N–H and O–H groups in total. The summed E-state index contributed by atoms with van der Waals surface area (Å²) in [4.78, 5) is 14.7. The summed E-state index contributed by atoms with van der Waals surface area (Å²) in [6, 6.07) is 12.5. The molecule has 1 aliphatic rings. The molecule has 1 aliphatic heterocycles. The molecule has 0 saturated heterocycles. The molecule has 0 saturated carbocycles. The third-order valence-electron chi connectivity index (χ3n) is 5.74. The van der Waals surface area contributed by atoms with Gasteiger partial charge in [0.2, 0.25) is 0 Å². The van der Waals surface area contributed by atoms with Gasteiger partial charge in [0.05, 0.1) is 20.3 Å². The summed E-state index contributed by atoms with van der Waals surface area (Å²) in [5.74, 6) is 1.46. The summed E-state index contributed by atoms with van der Waals surface area (Å²) in [7, 11) is 3.32. The van der Waals surface area contributed by atoms with Gasteiger partial charge in [0.1, 0.15) is 0 Å². The number of nitrogens with one attached hydrogen (secondary N) is 2. The highest BCUT2D eigenvalue weighted by Gasteiger charge is 2.29. The highest BCUT2D eigenvalue weighted by atomic mass is 16.5. The van der Waals surface area contributed by atoms with E-state index in [1.165, 1.54) is 22.3 Å². The van der Waals surface area contributed by atoms with Gasteiger partial charge < -0.3 is 20.1 Å². The van der Waals surface area contributed by atoms with E-state index in [-0.39, 0.29) is 12.1 Å². The van der Waals surface area contributed by atoms with Crippen LogP contribution < -0.4 is 20.1 Å². The molecule has 2 amide bonds.